The molecule has 3 heterocycles. The molecule has 1 aromatic carbocycles. The van der Waals surface area contributed by atoms with Crippen LogP contribution in [0.25, 0.3) is 0 Å². The van der Waals surface area contributed by atoms with Crippen molar-refractivity contribution in [3.63, 3.8) is 0 Å². The molecule has 0 saturated carbocycles. The Kier molecular flexibility index (Phi) is 6.82. The van der Waals surface area contributed by atoms with Crippen molar-refractivity contribution in [2.24, 2.45) is 0 Å². The molecule has 30 heavy (non-hydrogen) atoms. The average Bonchev–Trinajstić information content (AvgIpc) is 2.77. The number of aryl methyl sites for hydroxylation is 2. The summed E-state index contributed by atoms with van der Waals surface area (Å²) in [5.41, 5.74) is 4.14. The Balaban J connectivity index is 1.28. The van der Waals surface area contributed by atoms with Crippen molar-refractivity contribution >= 4 is 11.6 Å². The normalized spacial score (nSPS) is 18.8. The number of aliphatic hydroxyl groups is 1. The molecule has 162 valence electrons. The summed E-state index contributed by atoms with van der Waals surface area (Å²) in [6.07, 6.45) is 0. The van der Waals surface area contributed by atoms with Gasteiger partial charge in [0, 0.05) is 65.4 Å². The number of aromatic nitrogens is 2. The maximum atomic E-state index is 9.08. The van der Waals surface area contributed by atoms with Crippen LogP contribution < -0.4 is 9.80 Å². The van der Waals surface area contributed by atoms with Crippen LogP contribution in [0.1, 0.15) is 16.7 Å². The summed E-state index contributed by atoms with van der Waals surface area (Å²) in [5, 5.41) is 18.1. The van der Waals surface area contributed by atoms with Gasteiger partial charge in [-0.1, -0.05) is 23.8 Å². The summed E-state index contributed by atoms with van der Waals surface area (Å²) in [6.45, 7) is 14.2. The fourth-order valence-corrected chi connectivity index (χ4v) is 4.40. The Labute approximate surface area is 179 Å². The molecule has 0 unspecified atom stereocenters. The van der Waals surface area contributed by atoms with Gasteiger partial charge in [-0.15, -0.1) is 10.2 Å². The molecule has 0 aliphatic carbocycles. The molecule has 2 fully saturated rings. The van der Waals surface area contributed by atoms with Crippen molar-refractivity contribution in [1.29, 1.82) is 0 Å². The van der Waals surface area contributed by atoms with Crippen LogP contribution in [0.3, 0.4) is 0 Å². The fraction of sp³-hybridized carbons (Fsp3) is 0.565. The number of piperazine rings is 2. The number of nitrogens with zero attached hydrogens (tertiary/aromatic N) is 6. The first kappa shape index (κ1) is 21.0. The van der Waals surface area contributed by atoms with E-state index in [1.807, 2.05) is 0 Å². The number of hydrogen-bond donors (Lipinski definition) is 1. The first-order valence-corrected chi connectivity index (χ1v) is 11.1. The van der Waals surface area contributed by atoms with Crippen LogP contribution >= 0.6 is 0 Å². The lowest BCUT2D eigenvalue weighted by Crippen LogP contribution is -2.47. The molecule has 0 atom stereocenters. The van der Waals surface area contributed by atoms with E-state index in [-0.39, 0.29) is 6.61 Å². The van der Waals surface area contributed by atoms with Crippen molar-refractivity contribution in [2.45, 2.75) is 20.4 Å². The highest BCUT2D eigenvalue weighted by Gasteiger charge is 2.21. The van der Waals surface area contributed by atoms with Gasteiger partial charge in [0.1, 0.15) is 0 Å². The summed E-state index contributed by atoms with van der Waals surface area (Å²) < 4.78 is 0. The van der Waals surface area contributed by atoms with E-state index in [0.29, 0.717) is 0 Å². The highest BCUT2D eigenvalue weighted by atomic mass is 16.3. The van der Waals surface area contributed by atoms with Gasteiger partial charge in [-0.3, -0.25) is 9.80 Å². The van der Waals surface area contributed by atoms with E-state index in [9.17, 15) is 0 Å². The van der Waals surface area contributed by atoms with E-state index in [0.717, 1.165) is 77.1 Å². The molecular weight excluding hydrogens is 376 g/mol. The van der Waals surface area contributed by atoms with E-state index >= 15 is 0 Å². The quantitative estimate of drug-likeness (QED) is 0.775. The Hall–Kier alpha value is -2.22. The molecule has 0 bridgehead atoms. The molecule has 2 aliphatic rings. The first-order valence-electron chi connectivity index (χ1n) is 11.1. The number of β-amino-alcohol motifs (C(OH)–C–C–N with tert-alkyl or cyclic N) is 1. The number of anilines is 2. The number of hydrogen-bond acceptors (Lipinski definition) is 7. The van der Waals surface area contributed by atoms with Crippen LogP contribution in [0.5, 0.6) is 0 Å². The van der Waals surface area contributed by atoms with Gasteiger partial charge in [-0.25, -0.2) is 0 Å². The molecule has 1 N–H and O–H groups in total. The second-order valence-electron chi connectivity index (χ2n) is 8.50. The Morgan fingerprint density at radius 3 is 1.83 bits per heavy atom. The van der Waals surface area contributed by atoms with Gasteiger partial charge >= 0.3 is 0 Å². The SMILES string of the molecule is Cc1ccc(CN2CCN(c3ccc(N4CCN(CCO)CC4)nn3)CC2)c(C)c1. The Bertz CT molecular complexity index is 811. The third kappa shape index (κ3) is 5.09. The first-order chi connectivity index (χ1) is 14.6. The lowest BCUT2D eigenvalue weighted by molar-refractivity contribution is 0.188. The molecule has 4 rings (SSSR count). The van der Waals surface area contributed by atoms with Crippen LogP contribution in [0.2, 0.25) is 0 Å². The average molecular weight is 411 g/mol. The molecule has 0 radical (unpaired) electrons. The summed E-state index contributed by atoms with van der Waals surface area (Å²) >= 11 is 0. The third-order valence-corrected chi connectivity index (χ3v) is 6.34. The number of rotatable bonds is 6. The third-order valence-electron chi connectivity index (χ3n) is 6.34. The van der Waals surface area contributed by atoms with Crippen molar-refractivity contribution in [2.75, 3.05) is 75.3 Å². The second-order valence-corrected chi connectivity index (χ2v) is 8.50. The van der Waals surface area contributed by atoms with E-state index in [1.54, 1.807) is 0 Å². The maximum absolute atomic E-state index is 9.08. The minimum Gasteiger partial charge on any atom is -0.395 e. The monoisotopic (exact) mass is 410 g/mol. The zero-order valence-electron chi connectivity index (χ0n) is 18.3. The van der Waals surface area contributed by atoms with Gasteiger partial charge in [-0.2, -0.15) is 0 Å². The summed E-state index contributed by atoms with van der Waals surface area (Å²) in [6, 6.07) is 11.0. The van der Waals surface area contributed by atoms with Gasteiger partial charge in [0.05, 0.1) is 6.61 Å². The van der Waals surface area contributed by atoms with E-state index < -0.39 is 0 Å². The lowest BCUT2D eigenvalue weighted by atomic mass is 10.1. The van der Waals surface area contributed by atoms with Crippen molar-refractivity contribution in [1.82, 2.24) is 20.0 Å². The van der Waals surface area contributed by atoms with Crippen LogP contribution in [0.15, 0.2) is 30.3 Å². The van der Waals surface area contributed by atoms with Crippen molar-refractivity contribution < 1.29 is 5.11 Å². The van der Waals surface area contributed by atoms with Gasteiger partial charge in [-0.05, 0) is 37.1 Å². The highest BCUT2D eigenvalue weighted by Crippen LogP contribution is 2.19. The minimum absolute atomic E-state index is 0.229. The molecule has 0 amide bonds. The van der Waals surface area contributed by atoms with Gasteiger partial charge < -0.3 is 14.9 Å². The van der Waals surface area contributed by atoms with Gasteiger partial charge in [0.15, 0.2) is 11.6 Å². The van der Waals surface area contributed by atoms with Gasteiger partial charge in [0.25, 0.3) is 0 Å². The Morgan fingerprint density at radius 1 is 0.767 bits per heavy atom. The van der Waals surface area contributed by atoms with Crippen LogP contribution in [0, 0.1) is 13.8 Å². The Morgan fingerprint density at radius 2 is 1.33 bits per heavy atom. The smallest absolute Gasteiger partial charge is 0.151 e. The molecule has 2 aromatic rings. The lowest BCUT2D eigenvalue weighted by Gasteiger charge is -2.36. The molecule has 2 aliphatic heterocycles. The maximum Gasteiger partial charge on any atom is 0.151 e. The molecule has 2 saturated heterocycles. The molecule has 7 heteroatoms. The van der Waals surface area contributed by atoms with E-state index in [4.69, 9.17) is 5.11 Å². The summed E-state index contributed by atoms with van der Waals surface area (Å²) in [5.74, 6) is 1.93. The van der Waals surface area contributed by atoms with Crippen LogP contribution in [-0.4, -0.2) is 90.6 Å². The number of benzene rings is 1. The minimum atomic E-state index is 0.229. The molecule has 0 spiro atoms. The zero-order valence-corrected chi connectivity index (χ0v) is 18.3. The highest BCUT2D eigenvalue weighted by molar-refractivity contribution is 5.46. The van der Waals surface area contributed by atoms with Crippen LogP contribution in [-0.2, 0) is 6.54 Å². The predicted octanol–water partition coefficient (Wildman–Crippen LogP) is 1.53. The fourth-order valence-electron chi connectivity index (χ4n) is 4.40. The second kappa shape index (κ2) is 9.73. The molecule has 1 aromatic heterocycles. The van der Waals surface area contributed by atoms with Crippen LogP contribution in [0.4, 0.5) is 11.6 Å². The number of aliphatic hydroxyl groups excluding tert-OH is 1. The van der Waals surface area contributed by atoms with Crippen molar-refractivity contribution in [3.8, 4) is 0 Å². The van der Waals surface area contributed by atoms with E-state index in [1.165, 1.54) is 16.7 Å². The zero-order chi connectivity index (χ0) is 20.9. The molecular formula is C23H34N6O. The summed E-state index contributed by atoms with van der Waals surface area (Å²) in [7, 11) is 0. The summed E-state index contributed by atoms with van der Waals surface area (Å²) in [4.78, 5) is 9.44. The molecule has 7 nitrogen and oxygen atoms in total. The van der Waals surface area contributed by atoms with Crippen molar-refractivity contribution in [3.05, 3.63) is 47.0 Å². The van der Waals surface area contributed by atoms with E-state index in [2.05, 4.69) is 74.0 Å². The largest absolute Gasteiger partial charge is 0.395 e. The predicted molar refractivity (Wildman–Crippen MR) is 121 cm³/mol. The van der Waals surface area contributed by atoms with Gasteiger partial charge in [0.2, 0.25) is 0 Å². The topological polar surface area (TPSA) is 59.0 Å². The standard InChI is InChI=1S/C23H34N6O/c1-19-3-4-21(20(2)17-19)18-27-9-13-29(14-10-27)23-6-5-22(24-25-23)28-11-7-26(8-12-28)15-16-30/h3-6,17,30H,7-16,18H2,1-2H3.